The molecule has 0 amide bonds. The maximum atomic E-state index is 5.87. The molecule has 88 valence electrons. The van der Waals surface area contributed by atoms with Crippen LogP contribution >= 0.6 is 0 Å². The molecule has 16 heavy (non-hydrogen) atoms. The van der Waals surface area contributed by atoms with Crippen molar-refractivity contribution in [3.63, 3.8) is 0 Å². The molecule has 1 aromatic rings. The number of hydrogen-bond donors (Lipinski definition) is 1. The van der Waals surface area contributed by atoms with Gasteiger partial charge in [-0.3, -0.25) is 4.90 Å². The van der Waals surface area contributed by atoms with Crippen LogP contribution < -0.4 is 5.73 Å². The first-order chi connectivity index (χ1) is 7.72. The summed E-state index contributed by atoms with van der Waals surface area (Å²) in [4.78, 5) is 10.7. The zero-order valence-electron chi connectivity index (χ0n) is 10.0. The summed E-state index contributed by atoms with van der Waals surface area (Å²) in [5, 5.41) is 0. The molecule has 2 N–H and O–H groups in total. The average Bonchev–Trinajstić information content (AvgIpc) is 2.61. The molecule has 1 aliphatic rings. The minimum atomic E-state index is 0.246. The van der Waals surface area contributed by atoms with E-state index in [1.807, 2.05) is 6.07 Å². The van der Waals surface area contributed by atoms with Crippen molar-refractivity contribution in [2.75, 3.05) is 19.6 Å². The first-order valence-corrected chi connectivity index (χ1v) is 5.92. The Morgan fingerprint density at radius 1 is 1.44 bits per heavy atom. The maximum Gasteiger partial charge on any atom is 0.115 e. The van der Waals surface area contributed by atoms with Crippen LogP contribution in [0.4, 0.5) is 0 Å². The highest BCUT2D eigenvalue weighted by atomic mass is 15.2. The quantitative estimate of drug-likeness (QED) is 0.827. The summed E-state index contributed by atoms with van der Waals surface area (Å²) in [5.74, 6) is 1.49. The van der Waals surface area contributed by atoms with Crippen molar-refractivity contribution >= 4 is 0 Å². The van der Waals surface area contributed by atoms with E-state index in [-0.39, 0.29) is 6.04 Å². The van der Waals surface area contributed by atoms with E-state index in [4.69, 9.17) is 5.73 Å². The molecular weight excluding hydrogens is 200 g/mol. The molecule has 0 saturated carbocycles. The highest BCUT2D eigenvalue weighted by Gasteiger charge is 2.31. The SMILES string of the molecule is CC1CN(C(CN)c2ccncn2)CC1C. The fraction of sp³-hybridized carbons (Fsp3) is 0.667. The molecule has 1 aromatic heterocycles. The molecule has 1 aliphatic heterocycles. The van der Waals surface area contributed by atoms with Crippen LogP contribution in [0.3, 0.4) is 0 Å². The zero-order valence-corrected chi connectivity index (χ0v) is 10.0. The highest BCUT2D eigenvalue weighted by molar-refractivity contribution is 5.07. The van der Waals surface area contributed by atoms with Gasteiger partial charge in [0.2, 0.25) is 0 Å². The number of aromatic nitrogens is 2. The molecule has 3 atom stereocenters. The van der Waals surface area contributed by atoms with Crippen LogP contribution in [0.25, 0.3) is 0 Å². The van der Waals surface area contributed by atoms with Gasteiger partial charge in [0.05, 0.1) is 11.7 Å². The molecule has 2 heterocycles. The molecule has 4 nitrogen and oxygen atoms in total. The lowest BCUT2D eigenvalue weighted by Crippen LogP contribution is -2.32. The van der Waals surface area contributed by atoms with Crippen LogP contribution in [0.5, 0.6) is 0 Å². The first kappa shape index (κ1) is 11.5. The number of rotatable bonds is 3. The standard InChI is InChI=1S/C12H20N4/c1-9-6-16(7-10(9)2)12(5-13)11-3-4-14-8-15-11/h3-4,8-10,12H,5-7,13H2,1-2H3. The first-order valence-electron chi connectivity index (χ1n) is 5.92. The van der Waals surface area contributed by atoms with Gasteiger partial charge >= 0.3 is 0 Å². The van der Waals surface area contributed by atoms with Crippen molar-refractivity contribution in [2.45, 2.75) is 19.9 Å². The summed E-state index contributed by atoms with van der Waals surface area (Å²) in [6.07, 6.45) is 3.38. The number of hydrogen-bond acceptors (Lipinski definition) is 4. The Hall–Kier alpha value is -1.00. The van der Waals surface area contributed by atoms with Gasteiger partial charge in [0.1, 0.15) is 6.33 Å². The predicted molar refractivity (Wildman–Crippen MR) is 63.7 cm³/mol. The van der Waals surface area contributed by atoms with Gasteiger partial charge in [0, 0.05) is 25.8 Å². The van der Waals surface area contributed by atoms with Crippen LogP contribution in [-0.2, 0) is 0 Å². The van der Waals surface area contributed by atoms with E-state index < -0.39 is 0 Å². The monoisotopic (exact) mass is 220 g/mol. The summed E-state index contributed by atoms with van der Waals surface area (Å²) < 4.78 is 0. The van der Waals surface area contributed by atoms with Crippen molar-refractivity contribution in [3.8, 4) is 0 Å². The second-order valence-corrected chi connectivity index (χ2v) is 4.79. The smallest absolute Gasteiger partial charge is 0.115 e. The van der Waals surface area contributed by atoms with E-state index in [2.05, 4.69) is 28.7 Å². The molecule has 0 bridgehead atoms. The van der Waals surface area contributed by atoms with Crippen molar-refractivity contribution < 1.29 is 0 Å². The topological polar surface area (TPSA) is 55.0 Å². The second-order valence-electron chi connectivity index (χ2n) is 4.79. The van der Waals surface area contributed by atoms with Crippen LogP contribution in [0.1, 0.15) is 25.6 Å². The van der Waals surface area contributed by atoms with Crippen LogP contribution in [0.15, 0.2) is 18.6 Å². The summed E-state index contributed by atoms with van der Waals surface area (Å²) in [7, 11) is 0. The summed E-state index contributed by atoms with van der Waals surface area (Å²) in [6, 6.07) is 2.21. The highest BCUT2D eigenvalue weighted by Crippen LogP contribution is 2.29. The van der Waals surface area contributed by atoms with Gasteiger partial charge in [0.25, 0.3) is 0 Å². The van der Waals surface area contributed by atoms with E-state index in [0.29, 0.717) is 6.54 Å². The maximum absolute atomic E-state index is 5.87. The molecule has 0 radical (unpaired) electrons. The Bertz CT molecular complexity index is 317. The molecule has 1 saturated heterocycles. The Kier molecular flexibility index (Phi) is 3.51. The second kappa shape index (κ2) is 4.89. The van der Waals surface area contributed by atoms with Crippen molar-refractivity contribution in [3.05, 3.63) is 24.3 Å². The molecular formula is C12H20N4. The molecule has 1 fully saturated rings. The van der Waals surface area contributed by atoms with Gasteiger partial charge < -0.3 is 5.73 Å². The van der Waals surface area contributed by atoms with Gasteiger partial charge in [0.15, 0.2) is 0 Å². The Morgan fingerprint density at radius 2 is 2.12 bits per heavy atom. The molecule has 3 unspecified atom stereocenters. The average molecular weight is 220 g/mol. The Morgan fingerprint density at radius 3 is 2.62 bits per heavy atom. The predicted octanol–water partition coefficient (Wildman–Crippen LogP) is 1.06. The fourth-order valence-corrected chi connectivity index (χ4v) is 2.38. The fourth-order valence-electron chi connectivity index (χ4n) is 2.38. The van der Waals surface area contributed by atoms with Crippen LogP contribution in [0.2, 0.25) is 0 Å². The largest absolute Gasteiger partial charge is 0.329 e. The van der Waals surface area contributed by atoms with Crippen molar-refractivity contribution in [2.24, 2.45) is 17.6 Å². The van der Waals surface area contributed by atoms with Crippen LogP contribution in [-0.4, -0.2) is 34.5 Å². The third-order valence-corrected chi connectivity index (χ3v) is 3.63. The number of nitrogens with zero attached hydrogens (tertiary/aromatic N) is 3. The molecule has 0 aliphatic carbocycles. The minimum Gasteiger partial charge on any atom is -0.329 e. The lowest BCUT2D eigenvalue weighted by molar-refractivity contribution is 0.235. The molecule has 0 aromatic carbocycles. The third kappa shape index (κ3) is 2.23. The lowest BCUT2D eigenvalue weighted by atomic mass is 10.0. The van der Waals surface area contributed by atoms with Gasteiger partial charge in [-0.25, -0.2) is 9.97 Å². The van der Waals surface area contributed by atoms with Crippen molar-refractivity contribution in [1.82, 2.24) is 14.9 Å². The minimum absolute atomic E-state index is 0.246. The lowest BCUT2D eigenvalue weighted by Gasteiger charge is -2.25. The normalized spacial score (nSPS) is 28.2. The summed E-state index contributed by atoms with van der Waals surface area (Å²) >= 11 is 0. The van der Waals surface area contributed by atoms with Gasteiger partial charge in [-0.05, 0) is 17.9 Å². The number of likely N-dealkylation sites (tertiary alicyclic amines) is 1. The van der Waals surface area contributed by atoms with E-state index in [0.717, 1.165) is 30.6 Å². The van der Waals surface area contributed by atoms with Crippen molar-refractivity contribution in [1.29, 1.82) is 0 Å². The third-order valence-electron chi connectivity index (χ3n) is 3.63. The molecule has 0 spiro atoms. The Balaban J connectivity index is 2.12. The summed E-state index contributed by atoms with van der Waals surface area (Å²) in [6.45, 7) is 7.47. The number of nitrogens with two attached hydrogens (primary N) is 1. The van der Waals surface area contributed by atoms with E-state index in [1.54, 1.807) is 12.5 Å². The van der Waals surface area contributed by atoms with Gasteiger partial charge in [-0.15, -0.1) is 0 Å². The van der Waals surface area contributed by atoms with E-state index in [1.165, 1.54) is 0 Å². The summed E-state index contributed by atoms with van der Waals surface area (Å²) in [5.41, 5.74) is 6.91. The van der Waals surface area contributed by atoms with Gasteiger partial charge in [-0.1, -0.05) is 13.8 Å². The molecule has 4 heteroatoms. The molecule has 2 rings (SSSR count). The van der Waals surface area contributed by atoms with E-state index >= 15 is 0 Å². The zero-order chi connectivity index (χ0) is 11.5. The van der Waals surface area contributed by atoms with Gasteiger partial charge in [-0.2, -0.15) is 0 Å². The van der Waals surface area contributed by atoms with Crippen LogP contribution in [0, 0.1) is 11.8 Å². The Labute approximate surface area is 96.9 Å². The van der Waals surface area contributed by atoms with E-state index in [9.17, 15) is 0 Å².